The summed E-state index contributed by atoms with van der Waals surface area (Å²) in [5.41, 5.74) is 0.541. The fraction of sp³-hybridized carbons (Fsp3) is 0.368. The molecule has 3 rings (SSSR count). The van der Waals surface area contributed by atoms with Crippen molar-refractivity contribution in [2.75, 3.05) is 26.8 Å². The van der Waals surface area contributed by atoms with Crippen molar-refractivity contribution in [3.8, 4) is 5.75 Å². The lowest BCUT2D eigenvalue weighted by Crippen LogP contribution is -2.36. The van der Waals surface area contributed by atoms with Gasteiger partial charge in [-0.05, 0) is 48.2 Å². The van der Waals surface area contributed by atoms with E-state index >= 15 is 0 Å². The van der Waals surface area contributed by atoms with Gasteiger partial charge in [-0.2, -0.15) is 0 Å². The van der Waals surface area contributed by atoms with Gasteiger partial charge in [-0.3, -0.25) is 4.79 Å². The van der Waals surface area contributed by atoms with E-state index in [1.165, 1.54) is 0 Å². The van der Waals surface area contributed by atoms with Gasteiger partial charge in [0.1, 0.15) is 5.75 Å². The Bertz CT molecular complexity index is 750. The summed E-state index contributed by atoms with van der Waals surface area (Å²) in [7, 11) is 1.62. The number of fused-ring (bicyclic) bond motifs is 1. The molecule has 5 nitrogen and oxygen atoms in total. The molecule has 0 saturated carbocycles. The third-order valence-electron chi connectivity index (χ3n) is 4.31. The SMILES string of the molecule is COc1ccc2cc(C(=O)COC(=O)N3CCCCC3)ccc2c1. The van der Waals surface area contributed by atoms with E-state index in [0.29, 0.717) is 18.7 Å². The van der Waals surface area contributed by atoms with Crippen LogP contribution in [0.3, 0.4) is 0 Å². The smallest absolute Gasteiger partial charge is 0.410 e. The molecule has 5 heteroatoms. The Hall–Kier alpha value is -2.56. The summed E-state index contributed by atoms with van der Waals surface area (Å²) >= 11 is 0. The number of hydrogen-bond acceptors (Lipinski definition) is 4. The first-order valence-electron chi connectivity index (χ1n) is 8.20. The summed E-state index contributed by atoms with van der Waals surface area (Å²) in [6.45, 7) is 1.20. The predicted molar refractivity (Wildman–Crippen MR) is 91.6 cm³/mol. The molecular formula is C19H21NO4. The molecule has 0 spiro atoms. The van der Waals surface area contributed by atoms with Crippen molar-refractivity contribution in [2.24, 2.45) is 0 Å². The van der Waals surface area contributed by atoms with E-state index in [4.69, 9.17) is 9.47 Å². The summed E-state index contributed by atoms with van der Waals surface area (Å²) in [6.07, 6.45) is 2.74. The second-order valence-electron chi connectivity index (χ2n) is 5.95. The van der Waals surface area contributed by atoms with Crippen LogP contribution >= 0.6 is 0 Å². The molecule has 0 atom stereocenters. The van der Waals surface area contributed by atoms with Crippen LogP contribution in [0.4, 0.5) is 4.79 Å². The normalized spacial score (nSPS) is 14.5. The van der Waals surface area contributed by atoms with E-state index in [2.05, 4.69) is 0 Å². The molecule has 0 radical (unpaired) electrons. The minimum Gasteiger partial charge on any atom is -0.497 e. The van der Waals surface area contributed by atoms with Gasteiger partial charge in [-0.25, -0.2) is 4.79 Å². The molecule has 1 fully saturated rings. The van der Waals surface area contributed by atoms with Crippen LogP contribution in [-0.2, 0) is 4.74 Å². The molecule has 0 aromatic heterocycles. The van der Waals surface area contributed by atoms with Crippen LogP contribution < -0.4 is 4.74 Å². The van der Waals surface area contributed by atoms with Crippen LogP contribution in [0.5, 0.6) is 5.75 Å². The molecule has 0 N–H and O–H groups in total. The Labute approximate surface area is 141 Å². The van der Waals surface area contributed by atoms with Gasteiger partial charge in [0.2, 0.25) is 0 Å². The number of carbonyl (C=O) groups is 2. The average Bonchev–Trinajstić information content (AvgIpc) is 2.65. The Morgan fingerprint density at radius 2 is 1.71 bits per heavy atom. The molecule has 0 bridgehead atoms. The maximum atomic E-state index is 12.3. The number of amides is 1. The maximum Gasteiger partial charge on any atom is 0.410 e. The topological polar surface area (TPSA) is 55.8 Å². The molecule has 2 aromatic rings. The number of nitrogens with zero attached hydrogens (tertiary/aromatic N) is 1. The number of benzene rings is 2. The maximum absolute atomic E-state index is 12.3. The summed E-state index contributed by atoms with van der Waals surface area (Å²) in [5, 5.41) is 1.94. The van der Waals surface area contributed by atoms with Crippen LogP contribution in [0.1, 0.15) is 29.6 Å². The first-order valence-corrected chi connectivity index (χ1v) is 8.20. The third kappa shape index (κ3) is 3.67. The number of rotatable bonds is 4. The second-order valence-corrected chi connectivity index (χ2v) is 5.95. The van der Waals surface area contributed by atoms with Gasteiger partial charge < -0.3 is 14.4 Å². The highest BCUT2D eigenvalue weighted by molar-refractivity contribution is 6.01. The van der Waals surface area contributed by atoms with Crippen molar-refractivity contribution in [3.05, 3.63) is 42.0 Å². The lowest BCUT2D eigenvalue weighted by atomic mass is 10.0. The molecule has 24 heavy (non-hydrogen) atoms. The predicted octanol–water partition coefficient (Wildman–Crippen LogP) is 3.65. The van der Waals surface area contributed by atoms with Gasteiger partial charge in [-0.15, -0.1) is 0 Å². The minimum atomic E-state index is -0.395. The highest BCUT2D eigenvalue weighted by Gasteiger charge is 2.19. The van der Waals surface area contributed by atoms with Crippen molar-refractivity contribution in [3.63, 3.8) is 0 Å². The van der Waals surface area contributed by atoms with Gasteiger partial charge >= 0.3 is 6.09 Å². The fourth-order valence-corrected chi connectivity index (χ4v) is 2.90. The average molecular weight is 327 g/mol. The summed E-state index contributed by atoms with van der Waals surface area (Å²) in [4.78, 5) is 25.9. The Morgan fingerprint density at radius 1 is 1.00 bits per heavy atom. The number of methoxy groups -OCH3 is 1. The second kappa shape index (κ2) is 7.34. The summed E-state index contributed by atoms with van der Waals surface area (Å²) in [5.74, 6) is 0.579. The number of ether oxygens (including phenoxy) is 2. The quantitative estimate of drug-likeness (QED) is 0.804. The van der Waals surface area contributed by atoms with Crippen LogP contribution in [0, 0.1) is 0 Å². The summed E-state index contributed by atoms with van der Waals surface area (Å²) in [6, 6.07) is 11.1. The lowest BCUT2D eigenvalue weighted by molar-refractivity contribution is 0.0728. The first kappa shape index (κ1) is 16.3. The zero-order chi connectivity index (χ0) is 16.9. The van der Waals surface area contributed by atoms with Crippen LogP contribution in [-0.4, -0.2) is 43.6 Å². The van der Waals surface area contributed by atoms with Gasteiger partial charge in [0.15, 0.2) is 12.4 Å². The molecule has 0 unspecified atom stereocenters. The minimum absolute atomic E-state index is 0.196. The molecule has 1 saturated heterocycles. The van der Waals surface area contributed by atoms with Crippen molar-refractivity contribution in [2.45, 2.75) is 19.3 Å². The number of ketones is 1. The van der Waals surface area contributed by atoms with Crippen molar-refractivity contribution in [1.82, 2.24) is 4.90 Å². The molecular weight excluding hydrogens is 306 g/mol. The van der Waals surface area contributed by atoms with Crippen LogP contribution in [0.15, 0.2) is 36.4 Å². The van der Waals surface area contributed by atoms with E-state index < -0.39 is 6.09 Å². The molecule has 0 aliphatic carbocycles. The molecule has 1 aliphatic rings. The van der Waals surface area contributed by atoms with Crippen LogP contribution in [0.25, 0.3) is 10.8 Å². The number of likely N-dealkylation sites (tertiary alicyclic amines) is 1. The van der Waals surface area contributed by atoms with Crippen molar-refractivity contribution >= 4 is 22.6 Å². The van der Waals surface area contributed by atoms with E-state index in [1.807, 2.05) is 30.3 Å². The van der Waals surface area contributed by atoms with Crippen molar-refractivity contribution < 1.29 is 19.1 Å². The van der Waals surface area contributed by atoms with Gasteiger partial charge in [0.05, 0.1) is 7.11 Å². The molecule has 1 amide bonds. The monoisotopic (exact) mass is 327 g/mol. The Balaban J connectivity index is 1.64. The zero-order valence-corrected chi connectivity index (χ0v) is 13.8. The van der Waals surface area contributed by atoms with Crippen LogP contribution in [0.2, 0.25) is 0 Å². The van der Waals surface area contributed by atoms with Gasteiger partial charge in [0.25, 0.3) is 0 Å². The standard InChI is InChI=1S/C19H21NO4/c1-23-17-8-7-14-11-16(6-5-15(14)12-17)18(21)13-24-19(22)20-9-3-2-4-10-20/h5-8,11-12H,2-4,9-10,13H2,1H3. The number of Topliss-reactive ketones (excluding diaryl/α,β-unsaturated/α-hetero) is 1. The third-order valence-corrected chi connectivity index (χ3v) is 4.31. The van der Waals surface area contributed by atoms with E-state index in [9.17, 15) is 9.59 Å². The van der Waals surface area contributed by atoms with E-state index in [1.54, 1.807) is 18.1 Å². The number of piperidine rings is 1. The highest BCUT2D eigenvalue weighted by atomic mass is 16.6. The summed E-state index contributed by atoms with van der Waals surface area (Å²) < 4.78 is 10.4. The van der Waals surface area contributed by atoms with E-state index in [-0.39, 0.29) is 12.4 Å². The molecule has 1 heterocycles. The van der Waals surface area contributed by atoms with Gasteiger partial charge in [0, 0.05) is 18.7 Å². The lowest BCUT2D eigenvalue weighted by Gasteiger charge is -2.25. The Morgan fingerprint density at radius 3 is 2.46 bits per heavy atom. The van der Waals surface area contributed by atoms with E-state index in [0.717, 1.165) is 35.8 Å². The number of carbonyl (C=O) groups excluding carboxylic acids is 2. The first-order chi connectivity index (χ1) is 11.7. The molecule has 1 aliphatic heterocycles. The van der Waals surface area contributed by atoms with Crippen molar-refractivity contribution in [1.29, 1.82) is 0 Å². The largest absolute Gasteiger partial charge is 0.497 e. The zero-order valence-electron chi connectivity index (χ0n) is 13.8. The van der Waals surface area contributed by atoms with Gasteiger partial charge in [-0.1, -0.05) is 18.2 Å². The highest BCUT2D eigenvalue weighted by Crippen LogP contribution is 2.22. The molecule has 2 aromatic carbocycles. The fourth-order valence-electron chi connectivity index (χ4n) is 2.90. The number of hydrogen-bond donors (Lipinski definition) is 0. The Kier molecular flexibility index (Phi) is 4.99. The molecule has 126 valence electrons.